The van der Waals surface area contributed by atoms with E-state index in [0.717, 1.165) is 29.6 Å². The molecule has 2 saturated heterocycles. The maximum Gasteiger partial charge on any atom is 0.263 e. The van der Waals surface area contributed by atoms with Crippen LogP contribution in [0.5, 0.6) is 0 Å². The van der Waals surface area contributed by atoms with Crippen LogP contribution in [0.25, 0.3) is 11.0 Å². The first kappa shape index (κ1) is 24.0. The molecule has 2 aliphatic heterocycles. The van der Waals surface area contributed by atoms with Gasteiger partial charge in [-0.1, -0.05) is 36.0 Å². The van der Waals surface area contributed by atoms with Gasteiger partial charge in [0.1, 0.15) is 0 Å². The van der Waals surface area contributed by atoms with Gasteiger partial charge < -0.3 is 4.52 Å². The summed E-state index contributed by atoms with van der Waals surface area (Å²) in [6.07, 6.45) is 0. The molecule has 11 heteroatoms. The number of rotatable bonds is 7. The highest BCUT2D eigenvalue weighted by Gasteiger charge is 2.43. The molecule has 2 aromatic carbocycles. The van der Waals surface area contributed by atoms with E-state index in [2.05, 4.69) is 21.4 Å². The zero-order chi connectivity index (χ0) is 25.0. The number of hydrogen-bond acceptors (Lipinski definition) is 7. The second-order valence-corrected chi connectivity index (χ2v) is 13.0. The van der Waals surface area contributed by atoms with Crippen molar-refractivity contribution in [2.75, 3.05) is 30.9 Å². The molecule has 0 amide bonds. The van der Waals surface area contributed by atoms with Gasteiger partial charge in [-0.05, 0) is 54.5 Å². The van der Waals surface area contributed by atoms with Gasteiger partial charge >= 0.3 is 0 Å². The SMILES string of the molecule is C=CS(=O)(=O)N1C[C@H]2CN(Cc3cc(C)c4c(NS(=O)(=O)c5ccccc5C)noc4c3)C[C@H]2C1. The molecule has 35 heavy (non-hydrogen) atoms. The number of hydrogen-bond donors (Lipinski definition) is 1. The number of anilines is 1. The fraction of sp³-hybridized carbons (Fsp3) is 0.375. The van der Waals surface area contributed by atoms with Crippen LogP contribution < -0.4 is 4.72 Å². The van der Waals surface area contributed by atoms with Gasteiger partial charge in [0.15, 0.2) is 11.4 Å². The first-order valence-corrected chi connectivity index (χ1v) is 14.4. The number of aromatic nitrogens is 1. The number of likely N-dealkylation sites (tertiary alicyclic amines) is 1. The van der Waals surface area contributed by atoms with Crippen LogP contribution in [-0.4, -0.2) is 57.4 Å². The molecule has 2 fully saturated rings. The van der Waals surface area contributed by atoms with Gasteiger partial charge in [0.25, 0.3) is 10.0 Å². The van der Waals surface area contributed by atoms with Crippen LogP contribution in [0.3, 0.4) is 0 Å². The van der Waals surface area contributed by atoms with Gasteiger partial charge in [0.05, 0.1) is 10.3 Å². The first-order chi connectivity index (χ1) is 16.6. The molecule has 0 radical (unpaired) electrons. The maximum atomic E-state index is 12.9. The van der Waals surface area contributed by atoms with E-state index in [1.165, 1.54) is 4.31 Å². The number of benzene rings is 2. The Balaban J connectivity index is 1.31. The Kier molecular flexibility index (Phi) is 5.99. The monoisotopic (exact) mass is 516 g/mol. The summed E-state index contributed by atoms with van der Waals surface area (Å²) in [7, 11) is -7.18. The predicted molar refractivity (Wildman–Crippen MR) is 134 cm³/mol. The predicted octanol–water partition coefficient (Wildman–Crippen LogP) is 3.08. The van der Waals surface area contributed by atoms with Crippen LogP contribution in [0.2, 0.25) is 0 Å². The molecule has 0 bridgehead atoms. The molecule has 1 N–H and O–H groups in total. The molecule has 3 heterocycles. The number of nitrogens with one attached hydrogen (secondary N) is 1. The van der Waals surface area contributed by atoms with Gasteiger partial charge in [-0.15, -0.1) is 0 Å². The number of sulfonamides is 2. The topological polar surface area (TPSA) is 113 Å². The van der Waals surface area contributed by atoms with Crippen molar-refractivity contribution in [1.29, 1.82) is 0 Å². The molecule has 3 aromatic rings. The van der Waals surface area contributed by atoms with Crippen LogP contribution in [-0.2, 0) is 26.6 Å². The Morgan fingerprint density at radius 2 is 1.74 bits per heavy atom. The molecule has 9 nitrogen and oxygen atoms in total. The van der Waals surface area contributed by atoms with Gasteiger partial charge in [0, 0.05) is 38.1 Å². The smallest absolute Gasteiger partial charge is 0.263 e. The average Bonchev–Trinajstić information content (AvgIpc) is 3.47. The minimum atomic E-state index is -3.81. The van der Waals surface area contributed by atoms with Crippen molar-refractivity contribution in [3.8, 4) is 0 Å². The summed E-state index contributed by atoms with van der Waals surface area (Å²) in [4.78, 5) is 2.52. The highest BCUT2D eigenvalue weighted by atomic mass is 32.2. The second kappa shape index (κ2) is 8.74. The highest BCUT2D eigenvalue weighted by Crippen LogP contribution is 2.35. The van der Waals surface area contributed by atoms with Crippen LogP contribution in [0.4, 0.5) is 5.82 Å². The Bertz CT molecular complexity index is 1500. The van der Waals surface area contributed by atoms with Crippen molar-refractivity contribution in [1.82, 2.24) is 14.4 Å². The maximum absolute atomic E-state index is 12.9. The third-order valence-corrected chi connectivity index (χ3v) is 9.89. The quantitative estimate of drug-likeness (QED) is 0.513. The van der Waals surface area contributed by atoms with Crippen LogP contribution in [0.15, 0.2) is 57.8 Å². The lowest BCUT2D eigenvalue weighted by Gasteiger charge is -2.20. The van der Waals surface area contributed by atoms with Gasteiger partial charge in [-0.3, -0.25) is 9.62 Å². The van der Waals surface area contributed by atoms with Crippen molar-refractivity contribution in [3.63, 3.8) is 0 Å². The van der Waals surface area contributed by atoms with E-state index >= 15 is 0 Å². The Labute approximate surface area is 205 Å². The third kappa shape index (κ3) is 4.49. The summed E-state index contributed by atoms with van der Waals surface area (Å²) >= 11 is 0. The molecule has 1 aromatic heterocycles. The summed E-state index contributed by atoms with van der Waals surface area (Å²) in [6.45, 7) is 10.5. The second-order valence-electron chi connectivity index (χ2n) is 9.43. The van der Waals surface area contributed by atoms with Crippen LogP contribution in [0.1, 0.15) is 16.7 Å². The van der Waals surface area contributed by atoms with E-state index in [0.29, 0.717) is 48.0 Å². The number of nitrogens with zero attached hydrogens (tertiary/aromatic N) is 3. The standard InChI is InChI=1S/C24H28N4O5S2/c1-4-34(29,30)28-14-19-12-27(13-20(19)15-28)11-18-9-17(3)23-21(10-18)33-25-24(23)26-35(31,32)22-8-6-5-7-16(22)2/h4-10,19-20H,1,11-15H2,2-3H3,(H,25,26)/t19-,20+. The van der Waals surface area contributed by atoms with E-state index in [1.54, 1.807) is 31.2 Å². The minimum Gasteiger partial charge on any atom is -0.354 e. The normalized spacial score (nSPS) is 21.4. The van der Waals surface area contributed by atoms with Crippen molar-refractivity contribution in [2.45, 2.75) is 25.3 Å². The van der Waals surface area contributed by atoms with E-state index in [1.807, 2.05) is 19.1 Å². The Morgan fingerprint density at radius 3 is 2.40 bits per heavy atom. The molecule has 186 valence electrons. The molecule has 0 saturated carbocycles. The van der Waals surface area contributed by atoms with Crippen LogP contribution in [0, 0.1) is 25.7 Å². The summed E-state index contributed by atoms with van der Waals surface area (Å²) in [5, 5.41) is 5.66. The highest BCUT2D eigenvalue weighted by molar-refractivity contribution is 7.92. The average molecular weight is 517 g/mol. The number of fused-ring (bicyclic) bond motifs is 2. The third-order valence-electron chi connectivity index (χ3n) is 6.95. The van der Waals surface area contributed by atoms with Crippen LogP contribution >= 0.6 is 0 Å². The Morgan fingerprint density at radius 1 is 1.06 bits per heavy atom. The molecule has 2 aliphatic rings. The van der Waals surface area contributed by atoms with E-state index in [9.17, 15) is 16.8 Å². The van der Waals surface area contributed by atoms with Crippen molar-refractivity contribution >= 4 is 36.8 Å². The van der Waals surface area contributed by atoms with Crippen molar-refractivity contribution in [3.05, 3.63) is 65.1 Å². The molecular formula is C24H28N4O5S2. The first-order valence-electron chi connectivity index (χ1n) is 11.4. The lowest BCUT2D eigenvalue weighted by atomic mass is 10.0. The van der Waals surface area contributed by atoms with E-state index < -0.39 is 20.0 Å². The minimum absolute atomic E-state index is 0.173. The fourth-order valence-electron chi connectivity index (χ4n) is 5.29. The molecule has 0 aliphatic carbocycles. The van der Waals surface area contributed by atoms with E-state index in [4.69, 9.17) is 4.52 Å². The van der Waals surface area contributed by atoms with E-state index in [-0.39, 0.29) is 10.7 Å². The molecule has 0 spiro atoms. The summed E-state index contributed by atoms with van der Waals surface area (Å²) < 4.78 is 59.6. The largest absolute Gasteiger partial charge is 0.354 e. The lowest BCUT2D eigenvalue weighted by Crippen LogP contribution is -2.31. The molecule has 5 rings (SSSR count). The zero-order valence-electron chi connectivity index (χ0n) is 19.6. The lowest BCUT2D eigenvalue weighted by molar-refractivity contribution is 0.290. The molecule has 0 unspecified atom stereocenters. The van der Waals surface area contributed by atoms with Crippen molar-refractivity contribution in [2.24, 2.45) is 11.8 Å². The number of aryl methyl sites for hydroxylation is 2. The fourth-order valence-corrected chi connectivity index (χ4v) is 7.55. The summed E-state index contributed by atoms with van der Waals surface area (Å²) in [5.74, 6) is 0.788. The van der Waals surface area contributed by atoms with Gasteiger partial charge in [-0.25, -0.2) is 16.8 Å². The van der Waals surface area contributed by atoms with Gasteiger partial charge in [0.2, 0.25) is 10.0 Å². The summed E-state index contributed by atoms with van der Waals surface area (Å²) in [6, 6.07) is 10.7. The Hall–Kier alpha value is -2.73. The molecular weight excluding hydrogens is 488 g/mol. The molecule has 2 atom stereocenters. The summed E-state index contributed by atoms with van der Waals surface area (Å²) in [5.41, 5.74) is 3.07. The zero-order valence-corrected chi connectivity index (χ0v) is 21.3. The van der Waals surface area contributed by atoms with Crippen molar-refractivity contribution < 1.29 is 21.4 Å². The van der Waals surface area contributed by atoms with Gasteiger partial charge in [-0.2, -0.15) is 4.31 Å².